The van der Waals surface area contributed by atoms with Gasteiger partial charge in [0.05, 0.1) is 85.6 Å². The van der Waals surface area contributed by atoms with Crippen molar-refractivity contribution in [3.63, 3.8) is 0 Å². The Bertz CT molecular complexity index is 4480. The molecular formula is C78H84N12O9. The number of aromatic amines is 3. The predicted octanol–water partition coefficient (Wildman–Crippen LogP) is 14.5. The van der Waals surface area contributed by atoms with Gasteiger partial charge in [-0.2, -0.15) is 0 Å². The zero-order valence-electron chi connectivity index (χ0n) is 57.5. The van der Waals surface area contributed by atoms with E-state index in [-0.39, 0.29) is 0 Å². The predicted molar refractivity (Wildman–Crippen MR) is 372 cm³/mol. The second-order valence-electron chi connectivity index (χ2n) is 28.3. The molecule has 3 aliphatic carbocycles. The van der Waals surface area contributed by atoms with Crippen LogP contribution in [0.25, 0.3) is 66.5 Å². The van der Waals surface area contributed by atoms with E-state index in [2.05, 4.69) is 48.6 Å². The molecule has 2 unspecified atom stereocenters. The van der Waals surface area contributed by atoms with E-state index in [9.17, 15) is 15.3 Å². The number of benzene rings is 3. The van der Waals surface area contributed by atoms with Gasteiger partial charge in [-0.3, -0.25) is 15.0 Å². The number of aliphatic hydroxyl groups is 3. The van der Waals surface area contributed by atoms with E-state index in [0.717, 1.165) is 212 Å². The summed E-state index contributed by atoms with van der Waals surface area (Å²) in [4.78, 5) is 39.8. The third-order valence-corrected chi connectivity index (χ3v) is 20.9. The first kappa shape index (κ1) is 64.6. The minimum absolute atomic E-state index is 0.406. The van der Waals surface area contributed by atoms with Gasteiger partial charge in [0.1, 0.15) is 34.8 Å². The second-order valence-corrected chi connectivity index (χ2v) is 28.3. The number of nitrogens with zero attached hydrogens (tertiary/aromatic N) is 9. The number of ether oxygens (including phenoxy) is 3. The Morgan fingerprint density at radius 3 is 0.869 bits per heavy atom. The van der Waals surface area contributed by atoms with Crippen LogP contribution in [-0.2, 0) is 31.0 Å². The van der Waals surface area contributed by atoms with Crippen LogP contribution in [0, 0.1) is 62.3 Å². The monoisotopic (exact) mass is 1330 g/mol. The molecule has 3 aromatic carbocycles. The molecule has 21 heteroatoms. The number of aryl methyl sites for hydroxylation is 9. The number of hydrogen-bond acceptors (Lipinski definition) is 18. The number of hydrogen-bond donors (Lipinski definition) is 6. The number of H-pyrrole nitrogens is 3. The minimum atomic E-state index is -1.44. The second kappa shape index (κ2) is 25.3. The van der Waals surface area contributed by atoms with Gasteiger partial charge in [0.25, 0.3) is 0 Å². The van der Waals surface area contributed by atoms with Crippen molar-refractivity contribution in [1.29, 1.82) is 0 Å². The smallest absolute Gasteiger partial charge is 0.159 e. The fraction of sp³-hybridized carbons (Fsp3) is 0.423. The average molecular weight is 1330 g/mol. The number of fused-ring (bicyclic) bond motifs is 3. The third-order valence-electron chi connectivity index (χ3n) is 20.9. The molecular weight excluding hydrogens is 1250 g/mol. The molecule has 99 heavy (non-hydrogen) atoms. The Kier molecular flexibility index (Phi) is 16.5. The summed E-state index contributed by atoms with van der Waals surface area (Å²) >= 11 is 0. The lowest BCUT2D eigenvalue weighted by molar-refractivity contribution is -0.0637. The molecule has 510 valence electrons. The summed E-state index contributed by atoms with van der Waals surface area (Å²) < 4.78 is 34.7. The number of imidazole rings is 3. The molecule has 9 aromatic heterocycles. The highest BCUT2D eigenvalue weighted by Gasteiger charge is 2.50. The summed E-state index contributed by atoms with van der Waals surface area (Å²) in [5.41, 5.74) is 15.2. The maximum Gasteiger partial charge on any atom is 0.159 e. The number of aromatic nitrogens is 12. The Morgan fingerprint density at radius 2 is 0.646 bits per heavy atom. The molecule has 3 saturated carbocycles. The Balaban J connectivity index is 0.000000116. The molecule has 0 amide bonds. The zero-order chi connectivity index (χ0) is 68.2. The highest BCUT2D eigenvalue weighted by Crippen LogP contribution is 2.50. The van der Waals surface area contributed by atoms with E-state index < -0.39 is 35.1 Å². The molecule has 12 aromatic rings. The maximum absolute atomic E-state index is 12.5. The highest BCUT2D eigenvalue weighted by atomic mass is 16.5. The van der Waals surface area contributed by atoms with Crippen molar-refractivity contribution in [3.8, 4) is 33.4 Å². The van der Waals surface area contributed by atoms with Crippen molar-refractivity contribution in [2.75, 3.05) is 19.8 Å². The van der Waals surface area contributed by atoms with Crippen LogP contribution in [0.3, 0.4) is 0 Å². The topological polar surface area (TPSA) is 291 Å². The van der Waals surface area contributed by atoms with Gasteiger partial charge in [0, 0.05) is 88.0 Å². The van der Waals surface area contributed by atoms with Crippen LogP contribution in [0.2, 0.25) is 0 Å². The molecule has 6 atom stereocenters. The van der Waals surface area contributed by atoms with Crippen molar-refractivity contribution >= 4 is 33.1 Å². The summed E-state index contributed by atoms with van der Waals surface area (Å²) in [5.74, 6) is 6.55. The molecule has 21 nitrogen and oxygen atoms in total. The maximum atomic E-state index is 12.5. The fourth-order valence-corrected chi connectivity index (χ4v) is 15.5. The normalized spacial score (nSPS) is 20.4. The molecule has 6 fully saturated rings. The Labute approximate surface area is 573 Å². The SMILES string of the molecule is Cc1cccc(C(O)(c2cc(-c3c(C)noc3C)cc3[nH]c(C4CC4)nc23)C2CCCO2)n1.Cc1cccc([C@@](O)(c2cc(-c3c(C)noc3C)cc3[nH]c(C4CC4)nc23)[C@H]2CCCO2)n1.Cc1cccc([C@](O)(c2cc(-c3c(C)noc3C)cc3[nH]c(C4CC4)nc23)[C@@H]2CCCO2)n1. The van der Waals surface area contributed by atoms with E-state index >= 15 is 0 Å². The number of pyridine rings is 3. The van der Waals surface area contributed by atoms with Gasteiger partial charge in [-0.1, -0.05) is 33.7 Å². The molecule has 6 aliphatic rings. The Hall–Kier alpha value is -9.09. The lowest BCUT2D eigenvalue weighted by Crippen LogP contribution is -2.41. The minimum Gasteiger partial charge on any atom is -0.376 e. The molecule has 12 heterocycles. The van der Waals surface area contributed by atoms with Crippen LogP contribution in [-0.4, -0.2) is 114 Å². The summed E-state index contributed by atoms with van der Waals surface area (Å²) in [6, 6.07) is 29.6. The van der Waals surface area contributed by atoms with Gasteiger partial charge in [0.15, 0.2) is 16.8 Å². The lowest BCUT2D eigenvalue weighted by Gasteiger charge is -2.34. The van der Waals surface area contributed by atoms with Crippen molar-refractivity contribution in [2.24, 2.45) is 0 Å². The first-order valence-corrected chi connectivity index (χ1v) is 35.1. The number of rotatable bonds is 15. The van der Waals surface area contributed by atoms with E-state index in [4.69, 9.17) is 57.7 Å². The van der Waals surface area contributed by atoms with Gasteiger partial charge in [0.2, 0.25) is 0 Å². The van der Waals surface area contributed by atoms with Gasteiger partial charge in [-0.05, 0) is 229 Å². The largest absolute Gasteiger partial charge is 0.376 e. The fourth-order valence-electron chi connectivity index (χ4n) is 15.5. The van der Waals surface area contributed by atoms with Crippen LogP contribution in [0.4, 0.5) is 0 Å². The Morgan fingerprint density at radius 1 is 0.364 bits per heavy atom. The van der Waals surface area contributed by atoms with Gasteiger partial charge >= 0.3 is 0 Å². The van der Waals surface area contributed by atoms with Crippen molar-refractivity contribution in [1.82, 2.24) is 60.3 Å². The summed E-state index contributed by atoms with van der Waals surface area (Å²) in [5, 5.41) is 50.0. The van der Waals surface area contributed by atoms with Gasteiger partial charge in [-0.15, -0.1) is 0 Å². The zero-order valence-corrected chi connectivity index (χ0v) is 57.5. The molecule has 3 saturated heterocycles. The number of nitrogens with one attached hydrogen (secondary N) is 3. The summed E-state index contributed by atoms with van der Waals surface area (Å²) in [7, 11) is 0. The van der Waals surface area contributed by atoms with Crippen LogP contribution in [0.1, 0.15) is 197 Å². The average Bonchev–Trinajstić information content (AvgIpc) is 1.69. The van der Waals surface area contributed by atoms with E-state index in [1.807, 2.05) is 135 Å². The molecule has 18 rings (SSSR count). The van der Waals surface area contributed by atoms with Crippen molar-refractivity contribution < 1.29 is 43.1 Å². The third kappa shape index (κ3) is 11.7. The first-order chi connectivity index (χ1) is 47.8. The van der Waals surface area contributed by atoms with Crippen LogP contribution in [0.5, 0.6) is 0 Å². The van der Waals surface area contributed by atoms with E-state index in [1.54, 1.807) is 0 Å². The van der Waals surface area contributed by atoms with Crippen LogP contribution < -0.4 is 0 Å². The quantitative estimate of drug-likeness (QED) is 0.0556. The van der Waals surface area contributed by atoms with Crippen molar-refractivity contribution in [2.45, 2.75) is 192 Å². The highest BCUT2D eigenvalue weighted by molar-refractivity contribution is 5.90. The standard InChI is InChI=1S/3C26H28N4O3/c3*1-14-6-4-7-21(27-14)26(31,22-8-5-11-32-22)19-12-18(23-15(2)30-33-16(23)3)13-20-24(19)29-25(28-20)17-9-10-17/h3*4,6-7,12-13,17,22,31H,5,8-11H2,1-3H3,(H,28,29)/t2*22-,26+;/m10./s1. The molecule has 0 spiro atoms. The molecule has 6 N–H and O–H groups in total. The van der Waals surface area contributed by atoms with E-state index in [0.29, 0.717) is 71.3 Å². The lowest BCUT2D eigenvalue weighted by atomic mass is 9.81. The molecule has 3 aliphatic heterocycles. The first-order valence-electron chi connectivity index (χ1n) is 35.1. The molecule has 0 radical (unpaired) electrons. The van der Waals surface area contributed by atoms with Crippen LogP contribution >= 0.6 is 0 Å². The van der Waals surface area contributed by atoms with Gasteiger partial charge < -0.3 is 58.1 Å². The van der Waals surface area contributed by atoms with Gasteiger partial charge in [-0.25, -0.2) is 15.0 Å². The summed E-state index contributed by atoms with van der Waals surface area (Å²) in [6.07, 6.45) is 10.6. The molecule has 0 bridgehead atoms. The van der Waals surface area contributed by atoms with E-state index in [1.165, 1.54) is 0 Å². The van der Waals surface area contributed by atoms with Crippen molar-refractivity contribution in [3.05, 3.63) is 194 Å². The summed E-state index contributed by atoms with van der Waals surface area (Å²) in [6.45, 7) is 19.2. The van der Waals surface area contributed by atoms with Crippen LogP contribution in [0.15, 0.2) is 105 Å².